The monoisotopic (exact) mass is 452 g/mol. The Kier molecular flexibility index (Phi) is 6.18. The predicted octanol–water partition coefficient (Wildman–Crippen LogP) is 3.33. The van der Waals surface area contributed by atoms with Crippen LogP contribution in [0.1, 0.15) is 72.5 Å². The van der Waals surface area contributed by atoms with Gasteiger partial charge in [-0.15, -0.1) is 11.3 Å². The number of nitrogens with one attached hydrogen (secondary N) is 1. The number of hydrogen-bond acceptors (Lipinski definition) is 7. The van der Waals surface area contributed by atoms with Gasteiger partial charge in [-0.3, -0.25) is 19.4 Å². The highest BCUT2D eigenvalue weighted by Gasteiger charge is 2.26. The van der Waals surface area contributed by atoms with Crippen LogP contribution in [0.3, 0.4) is 0 Å². The van der Waals surface area contributed by atoms with Crippen LogP contribution in [0.4, 0.5) is 0 Å². The number of aromatic nitrogens is 2. The normalized spacial score (nSPS) is 13.0. The van der Waals surface area contributed by atoms with Gasteiger partial charge < -0.3 is 14.7 Å². The molecule has 1 N–H and O–H groups in total. The van der Waals surface area contributed by atoms with Crippen molar-refractivity contribution in [3.05, 3.63) is 68.0 Å². The molecule has 32 heavy (non-hydrogen) atoms. The van der Waals surface area contributed by atoms with Gasteiger partial charge in [0.05, 0.1) is 10.4 Å². The SMILES string of the molecule is CCc1cc(C(=O)NCc2c(C)ncc3c2CCN(C(=O)c2csc(C(C)=O)c2)C3)no1. The van der Waals surface area contributed by atoms with Crippen molar-refractivity contribution in [1.82, 2.24) is 20.4 Å². The fraction of sp³-hybridized carbons (Fsp3) is 0.348. The first-order valence-corrected chi connectivity index (χ1v) is 11.3. The lowest BCUT2D eigenvalue weighted by Crippen LogP contribution is -2.37. The minimum Gasteiger partial charge on any atom is -0.361 e. The average Bonchev–Trinajstić information content (AvgIpc) is 3.47. The van der Waals surface area contributed by atoms with E-state index in [0.717, 1.165) is 22.4 Å². The summed E-state index contributed by atoms with van der Waals surface area (Å²) in [5.74, 6) is 0.237. The summed E-state index contributed by atoms with van der Waals surface area (Å²) < 4.78 is 5.11. The summed E-state index contributed by atoms with van der Waals surface area (Å²) in [4.78, 5) is 43.8. The second-order valence-electron chi connectivity index (χ2n) is 7.77. The number of aryl methyl sites for hydroxylation is 2. The minimum absolute atomic E-state index is 0.0408. The van der Waals surface area contributed by atoms with E-state index in [9.17, 15) is 14.4 Å². The number of pyridine rings is 1. The zero-order valence-electron chi connectivity index (χ0n) is 18.2. The predicted molar refractivity (Wildman–Crippen MR) is 119 cm³/mol. The number of carbonyl (C=O) groups excluding carboxylic acids is 3. The molecule has 1 aliphatic heterocycles. The quantitative estimate of drug-likeness (QED) is 0.575. The Hall–Kier alpha value is -3.33. The van der Waals surface area contributed by atoms with Crippen LogP contribution >= 0.6 is 11.3 Å². The van der Waals surface area contributed by atoms with E-state index in [1.807, 2.05) is 13.8 Å². The molecule has 0 unspecified atom stereocenters. The molecule has 0 saturated heterocycles. The number of amides is 2. The molecule has 1 aliphatic rings. The molecule has 2 amide bonds. The third-order valence-electron chi connectivity index (χ3n) is 5.64. The molecule has 4 rings (SSSR count). The Morgan fingerprint density at radius 1 is 1.28 bits per heavy atom. The average molecular weight is 453 g/mol. The van der Waals surface area contributed by atoms with Gasteiger partial charge in [0, 0.05) is 49.4 Å². The first-order chi connectivity index (χ1) is 15.4. The van der Waals surface area contributed by atoms with Gasteiger partial charge in [-0.2, -0.15) is 0 Å². The van der Waals surface area contributed by atoms with E-state index in [4.69, 9.17) is 4.52 Å². The van der Waals surface area contributed by atoms with Crippen LogP contribution < -0.4 is 5.32 Å². The maximum atomic E-state index is 12.9. The fourth-order valence-electron chi connectivity index (χ4n) is 3.79. The molecule has 0 bridgehead atoms. The van der Waals surface area contributed by atoms with E-state index in [1.54, 1.807) is 28.6 Å². The van der Waals surface area contributed by atoms with Crippen molar-refractivity contribution in [2.45, 2.75) is 46.7 Å². The van der Waals surface area contributed by atoms with Crippen molar-refractivity contribution in [3.8, 4) is 0 Å². The molecule has 3 aromatic rings. The summed E-state index contributed by atoms with van der Waals surface area (Å²) in [6, 6.07) is 3.30. The number of hydrogen-bond donors (Lipinski definition) is 1. The highest BCUT2D eigenvalue weighted by atomic mass is 32.1. The molecule has 3 aromatic heterocycles. The highest BCUT2D eigenvalue weighted by molar-refractivity contribution is 7.12. The standard InChI is InChI=1S/C23H24N4O4S/c1-4-17-8-20(26-31-17)22(29)25-10-19-13(2)24-9-16-11-27(6-5-18(16)19)23(30)15-7-21(14(3)28)32-12-15/h7-9,12H,4-6,10-11H2,1-3H3,(H,25,29). The van der Waals surface area contributed by atoms with Crippen LogP contribution in [0, 0.1) is 6.92 Å². The van der Waals surface area contributed by atoms with Gasteiger partial charge in [0.1, 0.15) is 5.76 Å². The van der Waals surface area contributed by atoms with Crippen molar-refractivity contribution in [3.63, 3.8) is 0 Å². The number of rotatable bonds is 6. The van der Waals surface area contributed by atoms with Crippen molar-refractivity contribution < 1.29 is 18.9 Å². The largest absolute Gasteiger partial charge is 0.361 e. The highest BCUT2D eigenvalue weighted by Crippen LogP contribution is 2.26. The second kappa shape index (κ2) is 9.04. The third-order valence-corrected chi connectivity index (χ3v) is 6.67. The summed E-state index contributed by atoms with van der Waals surface area (Å²) in [6.45, 7) is 6.68. The number of thiophene rings is 1. The number of fused-ring (bicyclic) bond motifs is 1. The topological polar surface area (TPSA) is 105 Å². The van der Waals surface area contributed by atoms with Crippen LogP contribution in [-0.2, 0) is 25.9 Å². The molecule has 4 heterocycles. The van der Waals surface area contributed by atoms with Gasteiger partial charge >= 0.3 is 0 Å². The molecule has 8 nitrogen and oxygen atoms in total. The summed E-state index contributed by atoms with van der Waals surface area (Å²) in [6.07, 6.45) is 3.14. The van der Waals surface area contributed by atoms with E-state index in [0.29, 0.717) is 48.7 Å². The fourth-order valence-corrected chi connectivity index (χ4v) is 4.58. The van der Waals surface area contributed by atoms with Gasteiger partial charge in [0.15, 0.2) is 11.5 Å². The lowest BCUT2D eigenvalue weighted by Gasteiger charge is -2.30. The molecule has 9 heteroatoms. The molecule has 0 fully saturated rings. The van der Waals surface area contributed by atoms with Gasteiger partial charge in [-0.1, -0.05) is 12.1 Å². The van der Waals surface area contributed by atoms with Crippen molar-refractivity contribution in [2.75, 3.05) is 6.54 Å². The van der Waals surface area contributed by atoms with E-state index < -0.39 is 0 Å². The number of ketones is 1. The Bertz CT molecular complexity index is 1200. The molecule has 0 saturated carbocycles. The lowest BCUT2D eigenvalue weighted by molar-refractivity contribution is 0.0734. The first-order valence-electron chi connectivity index (χ1n) is 10.5. The molecular formula is C23H24N4O4S. The Morgan fingerprint density at radius 2 is 2.09 bits per heavy atom. The first kappa shape index (κ1) is 21.9. The van der Waals surface area contributed by atoms with E-state index in [2.05, 4.69) is 15.5 Å². The zero-order chi connectivity index (χ0) is 22.8. The Morgan fingerprint density at radius 3 is 2.78 bits per heavy atom. The van der Waals surface area contributed by atoms with Crippen molar-refractivity contribution >= 4 is 28.9 Å². The maximum absolute atomic E-state index is 12.9. The summed E-state index contributed by atoms with van der Waals surface area (Å²) >= 11 is 1.29. The van der Waals surface area contributed by atoms with E-state index in [-0.39, 0.29) is 23.3 Å². The van der Waals surface area contributed by atoms with E-state index >= 15 is 0 Å². The van der Waals surface area contributed by atoms with E-state index in [1.165, 1.54) is 18.3 Å². The third kappa shape index (κ3) is 4.34. The van der Waals surface area contributed by atoms with Crippen LogP contribution in [0.2, 0.25) is 0 Å². The molecular weight excluding hydrogens is 428 g/mol. The molecule has 0 aromatic carbocycles. The van der Waals surface area contributed by atoms with Crippen LogP contribution in [0.25, 0.3) is 0 Å². The molecule has 0 aliphatic carbocycles. The summed E-state index contributed by atoms with van der Waals surface area (Å²) in [5.41, 5.74) is 4.70. The summed E-state index contributed by atoms with van der Waals surface area (Å²) in [7, 11) is 0. The van der Waals surface area contributed by atoms with Crippen molar-refractivity contribution in [2.24, 2.45) is 0 Å². The van der Waals surface area contributed by atoms with Gasteiger partial charge in [-0.05, 0) is 43.0 Å². The number of carbonyl (C=O) groups is 3. The molecule has 0 radical (unpaired) electrons. The number of Topliss-reactive ketones (excluding diaryl/α,β-unsaturated/α-hetero) is 1. The summed E-state index contributed by atoms with van der Waals surface area (Å²) in [5, 5.41) is 8.45. The van der Waals surface area contributed by atoms with Crippen LogP contribution in [0.5, 0.6) is 0 Å². The second-order valence-corrected chi connectivity index (χ2v) is 8.68. The number of nitrogens with zero attached hydrogens (tertiary/aromatic N) is 3. The molecule has 0 atom stereocenters. The molecule has 166 valence electrons. The lowest BCUT2D eigenvalue weighted by atomic mass is 9.94. The van der Waals surface area contributed by atoms with Crippen molar-refractivity contribution in [1.29, 1.82) is 0 Å². The van der Waals surface area contributed by atoms with Gasteiger partial charge in [0.2, 0.25) is 0 Å². The smallest absolute Gasteiger partial charge is 0.273 e. The Balaban J connectivity index is 1.48. The Labute approximate surface area is 189 Å². The molecule has 0 spiro atoms. The van der Waals surface area contributed by atoms with Crippen LogP contribution in [0.15, 0.2) is 28.2 Å². The van der Waals surface area contributed by atoms with Crippen LogP contribution in [-0.4, -0.2) is 39.2 Å². The minimum atomic E-state index is -0.295. The maximum Gasteiger partial charge on any atom is 0.273 e. The van der Waals surface area contributed by atoms with Gasteiger partial charge in [-0.25, -0.2) is 0 Å². The van der Waals surface area contributed by atoms with Gasteiger partial charge in [0.25, 0.3) is 11.8 Å². The zero-order valence-corrected chi connectivity index (χ0v) is 19.0.